The summed E-state index contributed by atoms with van der Waals surface area (Å²) in [7, 11) is 0. The molecule has 0 bridgehead atoms. The summed E-state index contributed by atoms with van der Waals surface area (Å²) in [5.41, 5.74) is 2.57. The van der Waals surface area contributed by atoms with E-state index in [9.17, 15) is 0 Å². The molecule has 1 N–H and O–H groups in total. The van der Waals surface area contributed by atoms with Gasteiger partial charge in [0.2, 0.25) is 0 Å². The van der Waals surface area contributed by atoms with E-state index in [4.69, 9.17) is 11.2 Å². The van der Waals surface area contributed by atoms with Gasteiger partial charge in [-0.3, -0.25) is 5.32 Å². The van der Waals surface area contributed by atoms with Crippen molar-refractivity contribution in [2.24, 2.45) is 0 Å². The van der Waals surface area contributed by atoms with Gasteiger partial charge >= 0.3 is 0 Å². The second-order valence-electron chi connectivity index (χ2n) is 3.78. The fourth-order valence-corrected chi connectivity index (χ4v) is 1.98. The standard InChI is InChI=1S/C13H15NO.ClH/c1-3-8-14-13-10(2)15-9-11-6-4-5-7-12(11)13;/h1,4-7,10,13-14H,8-9H2,2H3;1H/t10-,13-;/m1./s1. The van der Waals surface area contributed by atoms with Crippen molar-refractivity contribution in [1.29, 1.82) is 0 Å². The van der Waals surface area contributed by atoms with Gasteiger partial charge in [-0.05, 0) is 18.1 Å². The molecule has 0 unspecified atom stereocenters. The largest absolute Gasteiger partial charge is 0.372 e. The van der Waals surface area contributed by atoms with Gasteiger partial charge in [-0.2, -0.15) is 0 Å². The van der Waals surface area contributed by atoms with Crippen LogP contribution in [-0.4, -0.2) is 12.6 Å². The molecule has 0 aliphatic carbocycles. The van der Waals surface area contributed by atoms with Crippen LogP contribution in [0.2, 0.25) is 0 Å². The lowest BCUT2D eigenvalue weighted by Crippen LogP contribution is -2.36. The number of benzene rings is 1. The molecule has 0 spiro atoms. The maximum absolute atomic E-state index is 5.68. The first-order valence-corrected chi connectivity index (χ1v) is 5.19. The third kappa shape index (κ3) is 2.56. The van der Waals surface area contributed by atoms with E-state index in [0.717, 1.165) is 0 Å². The number of hydrogen-bond acceptors (Lipinski definition) is 2. The van der Waals surface area contributed by atoms with Crippen molar-refractivity contribution in [3.05, 3.63) is 35.4 Å². The second kappa shape index (κ2) is 5.91. The van der Waals surface area contributed by atoms with E-state index < -0.39 is 0 Å². The molecule has 0 saturated heterocycles. The number of terminal acetylenes is 1. The third-order valence-corrected chi connectivity index (χ3v) is 2.79. The molecule has 3 heteroatoms. The predicted octanol–water partition coefficient (Wildman–Crippen LogP) is 2.29. The van der Waals surface area contributed by atoms with Crippen molar-refractivity contribution in [2.45, 2.75) is 25.7 Å². The summed E-state index contributed by atoms with van der Waals surface area (Å²) in [6.45, 7) is 3.35. The summed E-state index contributed by atoms with van der Waals surface area (Å²) < 4.78 is 5.68. The van der Waals surface area contributed by atoms with Gasteiger partial charge in [-0.15, -0.1) is 18.8 Å². The molecule has 0 fully saturated rings. The van der Waals surface area contributed by atoms with Gasteiger partial charge in [0.05, 0.1) is 25.3 Å². The molecule has 2 rings (SSSR count). The zero-order chi connectivity index (χ0) is 10.7. The minimum Gasteiger partial charge on any atom is -0.372 e. The van der Waals surface area contributed by atoms with Gasteiger partial charge in [-0.1, -0.05) is 30.2 Å². The van der Waals surface area contributed by atoms with Crippen LogP contribution < -0.4 is 5.32 Å². The zero-order valence-electron chi connectivity index (χ0n) is 9.27. The molecule has 0 aromatic heterocycles. The quantitative estimate of drug-likeness (QED) is 0.797. The van der Waals surface area contributed by atoms with Crippen molar-refractivity contribution in [2.75, 3.05) is 6.54 Å². The Balaban J connectivity index is 0.00000128. The number of fused-ring (bicyclic) bond motifs is 1. The van der Waals surface area contributed by atoms with Gasteiger partial charge in [0, 0.05) is 0 Å². The molecule has 1 heterocycles. The number of ether oxygens (including phenoxy) is 1. The highest BCUT2D eigenvalue weighted by Crippen LogP contribution is 2.28. The lowest BCUT2D eigenvalue weighted by molar-refractivity contribution is 0.0126. The summed E-state index contributed by atoms with van der Waals surface area (Å²) in [5.74, 6) is 2.60. The zero-order valence-corrected chi connectivity index (χ0v) is 10.1. The monoisotopic (exact) mass is 237 g/mol. The first-order valence-electron chi connectivity index (χ1n) is 5.19. The molecular weight excluding hydrogens is 222 g/mol. The van der Waals surface area contributed by atoms with Gasteiger partial charge < -0.3 is 4.74 Å². The predicted molar refractivity (Wildman–Crippen MR) is 67.5 cm³/mol. The van der Waals surface area contributed by atoms with Crippen molar-refractivity contribution >= 4 is 12.4 Å². The average Bonchev–Trinajstić information content (AvgIpc) is 2.28. The van der Waals surface area contributed by atoms with E-state index in [1.165, 1.54) is 11.1 Å². The molecule has 2 atom stereocenters. The Hall–Kier alpha value is -1.01. The number of nitrogens with one attached hydrogen (secondary N) is 1. The Morgan fingerprint density at radius 1 is 1.50 bits per heavy atom. The first-order chi connectivity index (χ1) is 7.33. The molecular formula is C13H16ClNO. The van der Waals surface area contributed by atoms with Crippen molar-refractivity contribution < 1.29 is 4.74 Å². The van der Waals surface area contributed by atoms with Crippen LogP contribution in [0.3, 0.4) is 0 Å². The van der Waals surface area contributed by atoms with Crippen LogP contribution in [-0.2, 0) is 11.3 Å². The number of halogens is 1. The van der Waals surface area contributed by atoms with Crippen molar-refractivity contribution in [1.82, 2.24) is 5.32 Å². The normalized spacial score (nSPS) is 22.8. The molecule has 1 aromatic carbocycles. The minimum absolute atomic E-state index is 0. The van der Waals surface area contributed by atoms with E-state index in [1.807, 2.05) is 6.07 Å². The van der Waals surface area contributed by atoms with Crippen LogP contribution in [0.4, 0.5) is 0 Å². The summed E-state index contributed by atoms with van der Waals surface area (Å²) in [5, 5.41) is 3.32. The fourth-order valence-electron chi connectivity index (χ4n) is 1.98. The van der Waals surface area contributed by atoms with Crippen molar-refractivity contribution in [3.63, 3.8) is 0 Å². The Morgan fingerprint density at radius 3 is 3.00 bits per heavy atom. The highest BCUT2D eigenvalue weighted by atomic mass is 35.5. The maximum Gasteiger partial charge on any atom is 0.0746 e. The third-order valence-electron chi connectivity index (χ3n) is 2.79. The van der Waals surface area contributed by atoms with Gasteiger partial charge in [0.1, 0.15) is 0 Å². The Bertz CT molecular complexity index is 386. The van der Waals surface area contributed by atoms with Crippen LogP contribution in [0.25, 0.3) is 0 Å². The molecule has 1 aliphatic rings. The van der Waals surface area contributed by atoms with Crippen LogP contribution in [0, 0.1) is 12.3 Å². The summed E-state index contributed by atoms with van der Waals surface area (Å²) in [6.07, 6.45) is 5.43. The number of hydrogen-bond donors (Lipinski definition) is 1. The highest BCUT2D eigenvalue weighted by molar-refractivity contribution is 5.85. The highest BCUT2D eigenvalue weighted by Gasteiger charge is 2.25. The van der Waals surface area contributed by atoms with Crippen LogP contribution in [0.1, 0.15) is 24.1 Å². The maximum atomic E-state index is 5.68. The Labute approximate surface area is 103 Å². The SMILES string of the molecule is C#CCN[C@H]1c2ccccc2CO[C@@H]1C.Cl. The summed E-state index contributed by atoms with van der Waals surface area (Å²) >= 11 is 0. The molecule has 86 valence electrons. The molecule has 2 nitrogen and oxygen atoms in total. The van der Waals surface area contributed by atoms with Gasteiger partial charge in [-0.25, -0.2) is 0 Å². The lowest BCUT2D eigenvalue weighted by atomic mass is 9.94. The van der Waals surface area contributed by atoms with Crippen LogP contribution in [0.15, 0.2) is 24.3 Å². The molecule has 16 heavy (non-hydrogen) atoms. The molecule has 0 saturated carbocycles. The molecule has 1 aromatic rings. The van der Waals surface area contributed by atoms with Crippen LogP contribution in [0.5, 0.6) is 0 Å². The summed E-state index contributed by atoms with van der Waals surface area (Å²) in [4.78, 5) is 0. The van der Waals surface area contributed by atoms with Crippen molar-refractivity contribution in [3.8, 4) is 12.3 Å². The van der Waals surface area contributed by atoms with Crippen LogP contribution >= 0.6 is 12.4 Å². The molecule has 0 radical (unpaired) electrons. The second-order valence-corrected chi connectivity index (χ2v) is 3.78. The average molecular weight is 238 g/mol. The fraction of sp³-hybridized carbons (Fsp3) is 0.385. The van der Waals surface area contributed by atoms with E-state index in [-0.39, 0.29) is 24.6 Å². The Kier molecular flexibility index (Phi) is 4.82. The molecule has 1 aliphatic heterocycles. The van der Waals surface area contributed by atoms with E-state index in [2.05, 4.69) is 36.4 Å². The van der Waals surface area contributed by atoms with Gasteiger partial charge in [0.25, 0.3) is 0 Å². The number of rotatable bonds is 2. The lowest BCUT2D eigenvalue weighted by Gasteiger charge is -2.31. The topological polar surface area (TPSA) is 21.3 Å². The van der Waals surface area contributed by atoms with E-state index in [0.29, 0.717) is 13.2 Å². The van der Waals surface area contributed by atoms with E-state index in [1.54, 1.807) is 0 Å². The smallest absolute Gasteiger partial charge is 0.0746 e. The van der Waals surface area contributed by atoms with E-state index >= 15 is 0 Å². The first kappa shape index (κ1) is 13.1. The Morgan fingerprint density at radius 2 is 2.25 bits per heavy atom. The minimum atomic E-state index is 0. The molecule has 0 amide bonds. The summed E-state index contributed by atoms with van der Waals surface area (Å²) in [6, 6.07) is 8.55. The van der Waals surface area contributed by atoms with Gasteiger partial charge in [0.15, 0.2) is 0 Å².